The van der Waals surface area contributed by atoms with E-state index in [2.05, 4.69) is 68.8 Å². The molecule has 0 aromatic heterocycles. The van der Waals surface area contributed by atoms with Gasteiger partial charge in [-0.05, 0) is 127 Å². The van der Waals surface area contributed by atoms with E-state index in [1.165, 1.54) is 11.8 Å². The number of carbonyl (C=O) groups is 16. The zero-order valence-corrected chi connectivity index (χ0v) is 71.2. The highest BCUT2D eigenvalue weighted by Gasteiger charge is 2.53. The maximum atomic E-state index is 15.9. The number of primary amides is 1. The van der Waals surface area contributed by atoms with E-state index < -0.39 is 221 Å². The lowest BCUT2D eigenvalue weighted by Gasteiger charge is -2.38. The second kappa shape index (κ2) is 47.7. The molecule has 0 aromatic rings. The van der Waals surface area contributed by atoms with Crippen LogP contribution in [0.2, 0.25) is 0 Å². The summed E-state index contributed by atoms with van der Waals surface area (Å²) in [5.74, 6) is -16.3. The molecule has 2 bridgehead atoms. The molecule has 1 aliphatic carbocycles. The van der Waals surface area contributed by atoms with Crippen molar-refractivity contribution in [2.24, 2.45) is 51.8 Å². The predicted molar refractivity (Wildman–Crippen MR) is 436 cm³/mol. The van der Waals surface area contributed by atoms with Gasteiger partial charge >= 0.3 is 6.03 Å². The number of urea groups is 1. The van der Waals surface area contributed by atoms with Crippen LogP contribution in [0.1, 0.15) is 218 Å². The van der Waals surface area contributed by atoms with Crippen LogP contribution >= 0.6 is 21.6 Å². The topological polar surface area (TPSA) is 558 Å². The smallest absolute Gasteiger partial charge is 0.324 e. The predicted octanol–water partition coefficient (Wildman–Crippen LogP) is -0.936. The van der Waals surface area contributed by atoms with E-state index in [1.807, 2.05) is 0 Å². The van der Waals surface area contributed by atoms with Crippen LogP contribution in [0.25, 0.3) is 0 Å². The van der Waals surface area contributed by atoms with Gasteiger partial charge in [0.2, 0.25) is 82.7 Å². The van der Waals surface area contributed by atoms with Crippen LogP contribution in [0, 0.1) is 29.6 Å². The fourth-order valence-electron chi connectivity index (χ4n) is 14.9. The van der Waals surface area contributed by atoms with Crippen molar-refractivity contribution in [2.75, 3.05) is 45.1 Å². The average Bonchev–Trinajstić information content (AvgIpc) is 1.61. The Labute approximate surface area is 688 Å². The van der Waals surface area contributed by atoms with Gasteiger partial charge in [-0.2, -0.15) is 0 Å². The van der Waals surface area contributed by atoms with Gasteiger partial charge in [0.05, 0.1) is 13.2 Å². The number of hydrogen-bond donors (Lipinski definition) is 17. The Kier molecular flexibility index (Phi) is 40.3. The fourth-order valence-corrected chi connectivity index (χ4v) is 17.7. The number of fused-ring (bicyclic) bond motifs is 9. The summed E-state index contributed by atoms with van der Waals surface area (Å²) < 4.78 is -1.62. The van der Waals surface area contributed by atoms with Gasteiger partial charge in [0.25, 0.3) is 5.91 Å². The molecule has 654 valence electrons. The van der Waals surface area contributed by atoms with Crippen molar-refractivity contribution in [1.82, 2.24) is 78.5 Å². The molecule has 39 heteroatoms. The van der Waals surface area contributed by atoms with Crippen LogP contribution < -0.4 is 81.0 Å². The van der Waals surface area contributed by atoms with Gasteiger partial charge < -0.3 is 101 Å². The Balaban J connectivity index is 1.77. The number of aliphatic hydroxyl groups is 2. The monoisotopic (exact) mass is 1670 g/mol. The number of hydrogen-bond acceptors (Lipinski definition) is 21. The van der Waals surface area contributed by atoms with Crippen LogP contribution in [0.15, 0.2) is 4.99 Å². The van der Waals surface area contributed by atoms with Gasteiger partial charge in [-0.25, -0.2) is 4.79 Å². The lowest BCUT2D eigenvalue weighted by Crippen LogP contribution is -2.65. The van der Waals surface area contributed by atoms with Crippen LogP contribution in [-0.4, -0.2) is 260 Å². The number of carbonyl (C=O) groups excluding carboxylic acids is 16. The molecule has 5 fully saturated rings. The maximum Gasteiger partial charge on any atom is 0.324 e. The van der Waals surface area contributed by atoms with E-state index in [9.17, 15) is 53.4 Å². The number of guanidine groups is 1. The number of aliphatic imine (C=N–C) groups is 1. The minimum Gasteiger partial charge on any atom is -0.394 e. The Morgan fingerprint density at radius 3 is 1.73 bits per heavy atom. The standard InChI is InChI=1S/C77H131N19O18S2/c1-13-17-34-95-74(113)60(44(9)16-4)92-71(110)61-77(11,12)116-115-40-52(88-69(108)58(42(7)14-2)90-63(102)45(10)83-57(100)29-19-18-22-32-81-56(99)31-30-47(62(78)101)89-76(95)114)67(106)87-50(38-97)65(104)84-48(26-23-33-82-75(79)80)64(103)86-51(39-98)66(105)85-49(36-41(5)6)72(111)94-35-24-28-54(94)73(112)96-53-27-21-20-25-46(53)37-55(96)68(107)91-59(43(8)15-3)70(109)93-61/h41-55,58-61,97-98H,13-40H2,1-12H3,(H2,78,101)(H,81,99)(H,83,100)(H,84,104)(H,85,105)(H,86,103)(H,87,106)(H,88,108)(H,89,114)(H,90,102)(H,91,107)(H,92,110)(H,93,109)(H4,79,80,82)/t42-,43-,44-,45+,46-,47-,48-,49-,50-,51-,52-,53?,54-,55-,58-,59-,60-,61+/m0/s1. The molecule has 4 heterocycles. The number of amides is 17. The summed E-state index contributed by atoms with van der Waals surface area (Å²) in [6, 6.07) is -21.1. The van der Waals surface area contributed by atoms with Crippen LogP contribution in [0.3, 0.4) is 0 Å². The number of unbranched alkanes of at least 4 members (excludes halogenated alkanes) is 1. The molecular weight excluding hydrogens is 1540 g/mol. The van der Waals surface area contributed by atoms with Gasteiger partial charge in [0.1, 0.15) is 78.5 Å². The van der Waals surface area contributed by atoms with E-state index in [0.29, 0.717) is 51.4 Å². The molecule has 4 saturated heterocycles. The lowest BCUT2D eigenvalue weighted by molar-refractivity contribution is -0.150. The lowest BCUT2D eigenvalue weighted by atomic mass is 9.84. The van der Waals surface area contributed by atoms with Crippen molar-refractivity contribution in [2.45, 2.75) is 307 Å². The van der Waals surface area contributed by atoms with Crippen LogP contribution in [0.5, 0.6) is 0 Å². The highest BCUT2D eigenvalue weighted by Crippen LogP contribution is 2.42. The molecule has 20 N–H and O–H groups in total. The summed E-state index contributed by atoms with van der Waals surface area (Å²) in [7, 11) is 1.75. The largest absolute Gasteiger partial charge is 0.394 e. The minimum atomic E-state index is -1.94. The second-order valence-corrected chi connectivity index (χ2v) is 35.3. The van der Waals surface area contributed by atoms with Crippen molar-refractivity contribution in [3.8, 4) is 0 Å². The third-order valence-corrected chi connectivity index (χ3v) is 25.8. The van der Waals surface area contributed by atoms with Gasteiger partial charge in [-0.1, -0.05) is 129 Å². The van der Waals surface area contributed by atoms with Crippen molar-refractivity contribution in [3.63, 3.8) is 0 Å². The van der Waals surface area contributed by atoms with E-state index in [-0.39, 0.29) is 121 Å². The summed E-state index contributed by atoms with van der Waals surface area (Å²) in [4.78, 5) is 243. The summed E-state index contributed by atoms with van der Waals surface area (Å²) in [5, 5.41) is 53.9. The van der Waals surface area contributed by atoms with Gasteiger partial charge in [0.15, 0.2) is 5.96 Å². The molecule has 17 amide bonds. The SMILES string of the molecule is CCCCN1C(=O)N[C@H](C(N)=O)CCC(=O)NCCCCCC(=O)N[C@H](C)C(=O)N[C@@H]([C@@H](C)CC)C(=O)N[C@H]2CSSC(C)(C)[C@H](NC(=O)[C@H]([C@@H](C)CC)NC(=O)[C@@H]3C[C@@H]4CCCCC4N3C(=O)[C@@H]3CCCN3C(=O)[C@H](CC(C)C)NC(=O)[C@H](CO)NC(=O)[C@H](CCCN=C(N)N)NC(=O)[C@H](CO)NC2=O)C(=O)N[C@@H]([C@@H](C)CC)C1=O. The Morgan fingerprint density at radius 1 is 0.552 bits per heavy atom. The molecule has 18 atom stereocenters. The first-order chi connectivity index (χ1) is 54.9. The molecule has 5 rings (SSSR count). The molecule has 1 unspecified atom stereocenters. The van der Waals surface area contributed by atoms with Crippen molar-refractivity contribution in [1.29, 1.82) is 0 Å². The molecule has 4 aliphatic heterocycles. The first kappa shape index (κ1) is 98.0. The zero-order valence-electron chi connectivity index (χ0n) is 69.5. The Bertz CT molecular complexity index is 3460. The molecule has 1 saturated carbocycles. The number of nitrogens with one attached hydrogen (secondary N) is 12. The van der Waals surface area contributed by atoms with E-state index in [1.54, 1.807) is 81.1 Å². The first-order valence-corrected chi connectivity index (χ1v) is 43.6. The number of rotatable bonds is 18. The van der Waals surface area contributed by atoms with Crippen molar-refractivity contribution in [3.05, 3.63) is 0 Å². The first-order valence-electron chi connectivity index (χ1n) is 41.3. The Hall–Kier alpha value is -8.59. The van der Waals surface area contributed by atoms with Gasteiger partial charge in [-0.15, -0.1) is 0 Å². The van der Waals surface area contributed by atoms with E-state index in [0.717, 1.165) is 32.9 Å². The van der Waals surface area contributed by atoms with Gasteiger partial charge in [0, 0.05) is 55.6 Å². The third-order valence-electron chi connectivity index (χ3n) is 22.5. The molecule has 5 aliphatic rings. The van der Waals surface area contributed by atoms with E-state index in [4.69, 9.17) is 17.2 Å². The molecular formula is C77H131N19O18S2. The molecule has 0 radical (unpaired) electrons. The summed E-state index contributed by atoms with van der Waals surface area (Å²) >= 11 is 0. The quantitative estimate of drug-likeness (QED) is 0.0341. The third kappa shape index (κ3) is 28.6. The highest BCUT2D eigenvalue weighted by atomic mass is 33.1. The number of imide groups is 1. The fraction of sp³-hybridized carbons (Fsp3) is 0.779. The molecule has 37 nitrogen and oxygen atoms in total. The summed E-state index contributed by atoms with van der Waals surface area (Å²) in [6.45, 7) is 17.8. The van der Waals surface area contributed by atoms with Gasteiger partial charge in [-0.3, -0.25) is 81.8 Å². The Morgan fingerprint density at radius 2 is 1.13 bits per heavy atom. The number of nitrogens with zero attached hydrogens (tertiary/aromatic N) is 4. The zero-order chi connectivity index (χ0) is 86.4. The van der Waals surface area contributed by atoms with Crippen molar-refractivity contribution >= 4 is 122 Å². The highest BCUT2D eigenvalue weighted by molar-refractivity contribution is 8.77. The average molecular weight is 1680 g/mol. The number of aliphatic hydroxyl groups excluding tert-OH is 2. The maximum absolute atomic E-state index is 15.9. The van der Waals surface area contributed by atoms with Crippen LogP contribution in [0.4, 0.5) is 4.79 Å². The molecule has 0 aromatic carbocycles. The summed E-state index contributed by atoms with van der Waals surface area (Å²) in [5.41, 5.74) is 17.0. The van der Waals surface area contributed by atoms with Crippen LogP contribution in [-0.2, 0) is 71.9 Å². The van der Waals surface area contributed by atoms with E-state index >= 15 is 33.6 Å². The number of nitrogens with two attached hydrogens (primary N) is 3. The summed E-state index contributed by atoms with van der Waals surface area (Å²) in [6.07, 6.45) is 5.20. The van der Waals surface area contributed by atoms with Crippen molar-refractivity contribution < 1.29 is 86.9 Å². The molecule has 116 heavy (non-hydrogen) atoms. The molecule has 0 spiro atoms. The minimum absolute atomic E-state index is 0.00767. The normalized spacial score (nSPS) is 29.7. The second-order valence-electron chi connectivity index (χ2n) is 32.3.